The minimum atomic E-state index is -0.872. The molecular formula is C24H40O2. The molecule has 2 aliphatic rings. The molecule has 0 atom stereocenters. The Kier molecular flexibility index (Phi) is 10.1. The van der Waals surface area contributed by atoms with Gasteiger partial charge in [-0.25, -0.2) is 4.79 Å². The van der Waals surface area contributed by atoms with Crippen molar-refractivity contribution < 1.29 is 9.90 Å². The maximum absolute atomic E-state index is 10.4. The highest BCUT2D eigenvalue weighted by Gasteiger charge is 2.30. The van der Waals surface area contributed by atoms with Gasteiger partial charge < -0.3 is 5.11 Å². The summed E-state index contributed by atoms with van der Waals surface area (Å²) >= 11 is 0. The Morgan fingerprint density at radius 2 is 1.42 bits per heavy atom. The summed E-state index contributed by atoms with van der Waals surface area (Å²) in [7, 11) is 0. The Morgan fingerprint density at radius 1 is 0.846 bits per heavy atom. The molecule has 0 aromatic carbocycles. The Morgan fingerprint density at radius 3 is 1.96 bits per heavy atom. The van der Waals surface area contributed by atoms with Gasteiger partial charge in [0, 0.05) is 6.08 Å². The van der Waals surface area contributed by atoms with E-state index in [9.17, 15) is 4.79 Å². The Bertz CT molecular complexity index is 435. The van der Waals surface area contributed by atoms with Crippen LogP contribution in [0.15, 0.2) is 24.3 Å². The Hall–Kier alpha value is -1.05. The van der Waals surface area contributed by atoms with Gasteiger partial charge in [-0.1, -0.05) is 76.5 Å². The smallest absolute Gasteiger partial charge is 0.328 e. The van der Waals surface area contributed by atoms with Crippen molar-refractivity contribution in [3.8, 4) is 0 Å². The molecule has 0 aliphatic heterocycles. The van der Waals surface area contributed by atoms with Crippen molar-refractivity contribution in [2.45, 2.75) is 96.8 Å². The summed E-state index contributed by atoms with van der Waals surface area (Å²) in [6.45, 7) is 2.31. The van der Waals surface area contributed by atoms with Crippen molar-refractivity contribution in [1.82, 2.24) is 0 Å². The highest BCUT2D eigenvalue weighted by molar-refractivity contribution is 5.80. The van der Waals surface area contributed by atoms with E-state index in [1.807, 2.05) is 6.08 Å². The molecule has 0 aromatic heterocycles. The van der Waals surface area contributed by atoms with E-state index >= 15 is 0 Å². The van der Waals surface area contributed by atoms with E-state index in [0.717, 1.165) is 30.1 Å². The van der Waals surface area contributed by atoms with Crippen molar-refractivity contribution in [3.05, 3.63) is 24.3 Å². The lowest BCUT2D eigenvalue weighted by atomic mass is 9.68. The van der Waals surface area contributed by atoms with Gasteiger partial charge in [0.25, 0.3) is 0 Å². The first-order valence-electron chi connectivity index (χ1n) is 11.2. The van der Waals surface area contributed by atoms with Crippen molar-refractivity contribution in [3.63, 3.8) is 0 Å². The Labute approximate surface area is 161 Å². The summed E-state index contributed by atoms with van der Waals surface area (Å²) in [5.41, 5.74) is 0. The van der Waals surface area contributed by atoms with E-state index in [4.69, 9.17) is 5.11 Å². The monoisotopic (exact) mass is 360 g/mol. The molecule has 2 aliphatic carbocycles. The first-order valence-corrected chi connectivity index (χ1v) is 11.2. The van der Waals surface area contributed by atoms with Crippen LogP contribution in [0.1, 0.15) is 96.8 Å². The summed E-state index contributed by atoms with van der Waals surface area (Å²) in [6.07, 6.45) is 26.7. The van der Waals surface area contributed by atoms with Crippen molar-refractivity contribution in [2.75, 3.05) is 0 Å². The normalized spacial score (nSPS) is 30.2. The molecule has 2 rings (SSSR count). The largest absolute Gasteiger partial charge is 0.478 e. The lowest BCUT2D eigenvalue weighted by molar-refractivity contribution is -0.131. The molecule has 0 spiro atoms. The zero-order valence-corrected chi connectivity index (χ0v) is 16.9. The minimum Gasteiger partial charge on any atom is -0.478 e. The summed E-state index contributed by atoms with van der Waals surface area (Å²) in [6, 6.07) is 0. The van der Waals surface area contributed by atoms with Crippen molar-refractivity contribution >= 4 is 5.97 Å². The molecule has 148 valence electrons. The third kappa shape index (κ3) is 8.10. The predicted octanol–water partition coefficient (Wildman–Crippen LogP) is 7.16. The summed E-state index contributed by atoms with van der Waals surface area (Å²) in [5.74, 6) is 3.10. The SMILES string of the molecule is CCCCCC1CCC(C2CCC(CCC=CC=CC(=O)O)CC2)CC1. The maximum Gasteiger partial charge on any atom is 0.328 e. The summed E-state index contributed by atoms with van der Waals surface area (Å²) in [5, 5.41) is 8.55. The molecule has 0 saturated heterocycles. The molecule has 0 aromatic rings. The highest BCUT2D eigenvalue weighted by Crippen LogP contribution is 2.43. The average Bonchev–Trinajstić information content (AvgIpc) is 2.66. The van der Waals surface area contributed by atoms with Crippen LogP contribution in [-0.4, -0.2) is 11.1 Å². The molecule has 1 N–H and O–H groups in total. The molecule has 2 saturated carbocycles. The topological polar surface area (TPSA) is 37.3 Å². The second-order valence-electron chi connectivity index (χ2n) is 8.76. The number of hydrogen-bond donors (Lipinski definition) is 1. The molecule has 2 heteroatoms. The van der Waals surface area contributed by atoms with E-state index in [2.05, 4.69) is 13.0 Å². The number of hydrogen-bond acceptors (Lipinski definition) is 1. The lowest BCUT2D eigenvalue weighted by Gasteiger charge is -2.38. The van der Waals surface area contributed by atoms with Gasteiger partial charge >= 0.3 is 5.97 Å². The molecule has 2 nitrogen and oxygen atoms in total. The van der Waals surface area contributed by atoms with Crippen LogP contribution in [0.2, 0.25) is 0 Å². The number of aliphatic carboxylic acids is 1. The second-order valence-corrected chi connectivity index (χ2v) is 8.76. The van der Waals surface area contributed by atoms with Crippen molar-refractivity contribution in [1.29, 1.82) is 0 Å². The van der Waals surface area contributed by atoms with Crippen LogP contribution in [0.25, 0.3) is 0 Å². The number of unbranched alkanes of at least 4 members (excludes halogenated alkanes) is 2. The maximum atomic E-state index is 10.4. The highest BCUT2D eigenvalue weighted by atomic mass is 16.4. The molecule has 26 heavy (non-hydrogen) atoms. The van der Waals surface area contributed by atoms with E-state index in [1.165, 1.54) is 89.5 Å². The number of carboxylic acids is 1. The zero-order chi connectivity index (χ0) is 18.6. The zero-order valence-electron chi connectivity index (χ0n) is 16.9. The van der Waals surface area contributed by atoms with Gasteiger partial charge in [-0.05, 0) is 62.2 Å². The van der Waals surface area contributed by atoms with Gasteiger partial charge in [-0.15, -0.1) is 0 Å². The van der Waals surface area contributed by atoms with E-state index < -0.39 is 5.97 Å². The molecule has 0 unspecified atom stereocenters. The van der Waals surface area contributed by atoms with E-state index in [0.29, 0.717) is 0 Å². The van der Waals surface area contributed by atoms with Crippen LogP contribution in [-0.2, 0) is 4.79 Å². The fourth-order valence-electron chi connectivity index (χ4n) is 5.22. The number of carboxylic acid groups (broad SMARTS) is 1. The van der Waals surface area contributed by atoms with Gasteiger partial charge in [0.05, 0.1) is 0 Å². The molecule has 0 amide bonds. The minimum absolute atomic E-state index is 0.872. The van der Waals surface area contributed by atoms with Crippen LogP contribution in [0.4, 0.5) is 0 Å². The fourth-order valence-corrected chi connectivity index (χ4v) is 5.22. The molecule has 0 radical (unpaired) electrons. The van der Waals surface area contributed by atoms with Gasteiger partial charge in [-0.2, -0.15) is 0 Å². The average molecular weight is 361 g/mol. The van der Waals surface area contributed by atoms with E-state index in [-0.39, 0.29) is 0 Å². The Balaban J connectivity index is 1.57. The van der Waals surface area contributed by atoms with Crippen LogP contribution in [0, 0.1) is 23.7 Å². The third-order valence-corrected chi connectivity index (χ3v) is 6.89. The van der Waals surface area contributed by atoms with Gasteiger partial charge in [-0.3, -0.25) is 0 Å². The van der Waals surface area contributed by atoms with Crippen LogP contribution in [0.5, 0.6) is 0 Å². The third-order valence-electron chi connectivity index (χ3n) is 6.89. The number of carbonyl (C=O) groups is 1. The van der Waals surface area contributed by atoms with Crippen LogP contribution in [0.3, 0.4) is 0 Å². The predicted molar refractivity (Wildman–Crippen MR) is 110 cm³/mol. The fraction of sp³-hybridized carbons (Fsp3) is 0.792. The van der Waals surface area contributed by atoms with Gasteiger partial charge in [0.1, 0.15) is 0 Å². The first kappa shape index (κ1) is 21.3. The van der Waals surface area contributed by atoms with Crippen molar-refractivity contribution in [2.24, 2.45) is 23.7 Å². The summed E-state index contributed by atoms with van der Waals surface area (Å²) < 4.78 is 0. The van der Waals surface area contributed by atoms with E-state index in [1.54, 1.807) is 6.08 Å². The molecule has 0 heterocycles. The number of allylic oxidation sites excluding steroid dienone is 3. The van der Waals surface area contributed by atoms with Crippen LogP contribution < -0.4 is 0 Å². The molecule has 2 fully saturated rings. The van der Waals surface area contributed by atoms with Gasteiger partial charge in [0.2, 0.25) is 0 Å². The number of rotatable bonds is 10. The van der Waals surface area contributed by atoms with Crippen LogP contribution >= 0.6 is 0 Å². The summed E-state index contributed by atoms with van der Waals surface area (Å²) in [4.78, 5) is 10.4. The first-order chi connectivity index (χ1) is 12.7. The molecule has 0 bridgehead atoms. The lowest BCUT2D eigenvalue weighted by Crippen LogP contribution is -2.25. The second kappa shape index (κ2) is 12.4. The molecular weight excluding hydrogens is 320 g/mol. The van der Waals surface area contributed by atoms with Gasteiger partial charge in [0.15, 0.2) is 0 Å². The quantitative estimate of drug-likeness (QED) is 0.255. The standard InChI is InChI=1S/C24H40O2/c1-2-3-6-9-20-12-16-22(17-13-20)23-18-14-21(15-19-23)10-7-4-5-8-11-24(25)26/h4-5,8,11,20-23H,2-3,6-7,9-10,12-19H2,1H3,(H,25,26).